The molecule has 4 rings (SSSR count). The number of nitrogens with zero attached hydrogens (tertiary/aromatic N) is 4. The Labute approximate surface area is 188 Å². The Kier molecular flexibility index (Phi) is 6.52. The number of anilines is 1. The van der Waals surface area contributed by atoms with Gasteiger partial charge in [0.15, 0.2) is 15.0 Å². The minimum atomic E-state index is -3.70. The fraction of sp³-hybridized carbons (Fsp3) is 0.579. The Hall–Kier alpha value is -1.76. The van der Waals surface area contributed by atoms with Crippen LogP contribution in [0.2, 0.25) is 0 Å². The number of rotatable bonds is 5. The fourth-order valence-electron chi connectivity index (χ4n) is 4.02. The molecule has 0 bridgehead atoms. The molecule has 0 spiro atoms. The van der Waals surface area contributed by atoms with Gasteiger partial charge in [-0.2, -0.15) is 16.7 Å². The Morgan fingerprint density at radius 3 is 2.48 bits per heavy atom. The van der Waals surface area contributed by atoms with E-state index in [1.165, 1.54) is 30.4 Å². The van der Waals surface area contributed by atoms with E-state index in [2.05, 4.69) is 9.88 Å². The molecular formula is C19H24N4O5S3. The molecule has 1 aromatic heterocycles. The summed E-state index contributed by atoms with van der Waals surface area (Å²) in [7, 11) is -3.70. The van der Waals surface area contributed by atoms with E-state index in [0.29, 0.717) is 18.2 Å². The molecule has 0 amide bonds. The average molecular weight is 485 g/mol. The molecule has 2 saturated heterocycles. The van der Waals surface area contributed by atoms with Gasteiger partial charge < -0.3 is 4.90 Å². The topological polar surface area (TPSA) is 114 Å². The quantitative estimate of drug-likeness (QED) is 0.465. The molecule has 2 aliphatic heterocycles. The second-order valence-corrected chi connectivity index (χ2v) is 12.2. The molecule has 2 fully saturated rings. The van der Waals surface area contributed by atoms with E-state index >= 15 is 0 Å². The summed E-state index contributed by atoms with van der Waals surface area (Å²) in [5, 5.41) is 12.0. The van der Waals surface area contributed by atoms with Crippen LogP contribution in [0.1, 0.15) is 12.8 Å². The van der Waals surface area contributed by atoms with Crippen LogP contribution in [0.3, 0.4) is 0 Å². The molecule has 1 aromatic carbocycles. The maximum atomic E-state index is 12.7. The molecule has 2 aromatic rings. The molecule has 0 saturated carbocycles. The van der Waals surface area contributed by atoms with Crippen LogP contribution in [0.15, 0.2) is 21.8 Å². The molecule has 0 radical (unpaired) electrons. The number of thioether (sulfide) groups is 1. The lowest BCUT2D eigenvalue weighted by atomic mass is 10.0. The first-order chi connectivity index (χ1) is 14.7. The third-order valence-electron chi connectivity index (χ3n) is 5.79. The highest BCUT2D eigenvalue weighted by Crippen LogP contribution is 2.34. The highest BCUT2D eigenvalue weighted by molar-refractivity contribution is 7.99. The van der Waals surface area contributed by atoms with Crippen LogP contribution in [-0.2, 0) is 9.84 Å². The normalized spacial score (nSPS) is 19.1. The van der Waals surface area contributed by atoms with Crippen molar-refractivity contribution in [1.29, 1.82) is 0 Å². The van der Waals surface area contributed by atoms with E-state index in [9.17, 15) is 23.3 Å². The minimum absolute atomic E-state index is 0.0304. The Morgan fingerprint density at radius 2 is 1.87 bits per heavy atom. The summed E-state index contributed by atoms with van der Waals surface area (Å²) in [6, 6.07) is 2.21. The Bertz CT molecular complexity index is 1150. The van der Waals surface area contributed by atoms with Gasteiger partial charge in [0.05, 0.1) is 15.2 Å². The first-order valence-corrected chi connectivity index (χ1v) is 14.0. The number of nitro groups is 1. The number of sulfone groups is 1. The smallest absolute Gasteiger partial charge is 0.288 e. The lowest BCUT2D eigenvalue weighted by Crippen LogP contribution is -2.48. The molecular weight excluding hydrogens is 460 g/mol. The molecule has 2 aliphatic rings. The molecule has 9 nitrogen and oxygen atoms in total. The lowest BCUT2D eigenvalue weighted by molar-refractivity contribution is -0.383. The molecule has 3 heterocycles. The molecule has 12 heteroatoms. The van der Waals surface area contributed by atoms with Gasteiger partial charge in [-0.3, -0.25) is 19.8 Å². The number of piperazine rings is 1. The number of hydrogen-bond acceptors (Lipinski definition) is 10. The van der Waals surface area contributed by atoms with Crippen LogP contribution in [0.5, 0.6) is 0 Å². The fourth-order valence-corrected chi connectivity index (χ4v) is 6.99. The van der Waals surface area contributed by atoms with Crippen LogP contribution in [-0.4, -0.2) is 73.7 Å². The van der Waals surface area contributed by atoms with Crippen LogP contribution in [0, 0.1) is 16.0 Å². The summed E-state index contributed by atoms with van der Waals surface area (Å²) in [5.74, 6) is 3.22. The first-order valence-electron chi connectivity index (χ1n) is 10.1. The first kappa shape index (κ1) is 22.4. The van der Waals surface area contributed by atoms with Crippen molar-refractivity contribution >= 4 is 53.8 Å². The number of non-ortho nitro benzene ring substituents is 1. The van der Waals surface area contributed by atoms with E-state index in [0.717, 1.165) is 49.2 Å². The van der Waals surface area contributed by atoms with Crippen molar-refractivity contribution < 1.29 is 13.3 Å². The average Bonchev–Trinajstić information content (AvgIpc) is 2.73. The van der Waals surface area contributed by atoms with Crippen molar-refractivity contribution in [2.24, 2.45) is 5.92 Å². The maximum Gasteiger partial charge on any atom is 0.288 e. The van der Waals surface area contributed by atoms with Crippen molar-refractivity contribution in [3.05, 3.63) is 32.6 Å². The number of nitro benzene ring substituents is 1. The Morgan fingerprint density at radius 1 is 1.19 bits per heavy atom. The van der Waals surface area contributed by atoms with E-state index in [-0.39, 0.29) is 20.7 Å². The largest absolute Gasteiger partial charge is 0.345 e. The van der Waals surface area contributed by atoms with Crippen molar-refractivity contribution in [2.75, 3.05) is 55.4 Å². The monoisotopic (exact) mass is 484 g/mol. The predicted octanol–water partition coefficient (Wildman–Crippen LogP) is 2.23. The third-order valence-corrected chi connectivity index (χ3v) is 9.09. The zero-order valence-electron chi connectivity index (χ0n) is 17.2. The SMILES string of the molecule is CS(=O)(=O)c1cc([N+](=O)[O-])c2sc(N3CCN(CC4CCSCC4)CC3)nc(=O)c2c1. The summed E-state index contributed by atoms with van der Waals surface area (Å²) in [5.41, 5.74) is -1.02. The lowest BCUT2D eigenvalue weighted by Gasteiger charge is -2.37. The van der Waals surface area contributed by atoms with Gasteiger partial charge in [-0.1, -0.05) is 11.3 Å². The summed E-state index contributed by atoms with van der Waals surface area (Å²) >= 11 is 3.10. The maximum absolute atomic E-state index is 12.7. The summed E-state index contributed by atoms with van der Waals surface area (Å²) in [6.45, 7) is 4.21. The van der Waals surface area contributed by atoms with Gasteiger partial charge in [0, 0.05) is 45.0 Å². The zero-order valence-corrected chi connectivity index (χ0v) is 19.6. The standard InChI is InChI=1S/C19H24N4O5S3/c1-31(27,28)14-10-15-17(16(11-14)23(25)26)30-19(20-18(15)24)22-6-4-21(5-7-22)12-13-2-8-29-9-3-13/h10-11,13H,2-9,12H2,1H3. The van der Waals surface area contributed by atoms with Crippen LogP contribution >= 0.6 is 23.1 Å². The van der Waals surface area contributed by atoms with Crippen molar-refractivity contribution in [3.8, 4) is 0 Å². The van der Waals surface area contributed by atoms with Gasteiger partial charge in [0.2, 0.25) is 0 Å². The summed E-state index contributed by atoms with van der Waals surface area (Å²) in [6.07, 6.45) is 3.48. The number of benzene rings is 1. The zero-order chi connectivity index (χ0) is 22.2. The van der Waals surface area contributed by atoms with E-state index in [1.807, 2.05) is 16.7 Å². The molecule has 0 aliphatic carbocycles. The van der Waals surface area contributed by atoms with Gasteiger partial charge in [0.1, 0.15) is 4.70 Å². The van der Waals surface area contributed by atoms with Crippen LogP contribution in [0.4, 0.5) is 10.8 Å². The van der Waals surface area contributed by atoms with Gasteiger partial charge in [-0.05, 0) is 36.3 Å². The molecule has 0 unspecified atom stereocenters. The van der Waals surface area contributed by atoms with Gasteiger partial charge in [-0.25, -0.2) is 8.42 Å². The van der Waals surface area contributed by atoms with Gasteiger partial charge in [-0.15, -0.1) is 0 Å². The number of fused-ring (bicyclic) bond motifs is 1. The molecule has 0 atom stereocenters. The number of aromatic nitrogens is 1. The predicted molar refractivity (Wildman–Crippen MR) is 124 cm³/mol. The number of hydrogen-bond donors (Lipinski definition) is 0. The summed E-state index contributed by atoms with van der Waals surface area (Å²) in [4.78, 5) is 31.9. The van der Waals surface area contributed by atoms with E-state index in [1.54, 1.807) is 0 Å². The van der Waals surface area contributed by atoms with Crippen molar-refractivity contribution in [1.82, 2.24) is 9.88 Å². The highest BCUT2D eigenvalue weighted by atomic mass is 32.2. The van der Waals surface area contributed by atoms with Gasteiger partial charge >= 0.3 is 0 Å². The van der Waals surface area contributed by atoms with Gasteiger partial charge in [0.25, 0.3) is 11.2 Å². The van der Waals surface area contributed by atoms with Crippen LogP contribution < -0.4 is 10.5 Å². The molecule has 168 valence electrons. The third kappa shape index (κ3) is 5.02. The minimum Gasteiger partial charge on any atom is -0.345 e. The molecule has 0 N–H and O–H groups in total. The highest BCUT2D eigenvalue weighted by Gasteiger charge is 2.26. The van der Waals surface area contributed by atoms with Crippen molar-refractivity contribution in [3.63, 3.8) is 0 Å². The molecule has 31 heavy (non-hydrogen) atoms. The Balaban J connectivity index is 1.58. The van der Waals surface area contributed by atoms with E-state index in [4.69, 9.17) is 0 Å². The van der Waals surface area contributed by atoms with Crippen molar-refractivity contribution in [2.45, 2.75) is 17.7 Å². The summed E-state index contributed by atoms with van der Waals surface area (Å²) < 4.78 is 24.0. The van der Waals surface area contributed by atoms with Crippen LogP contribution in [0.25, 0.3) is 10.1 Å². The second kappa shape index (κ2) is 9.00. The second-order valence-electron chi connectivity index (χ2n) is 7.99. The van der Waals surface area contributed by atoms with E-state index < -0.39 is 20.3 Å².